The van der Waals surface area contributed by atoms with E-state index in [-0.39, 0.29) is 11.9 Å². The highest BCUT2D eigenvalue weighted by Crippen LogP contribution is 2.45. The lowest BCUT2D eigenvalue weighted by atomic mass is 10.00. The maximum absolute atomic E-state index is 8.82. The van der Waals surface area contributed by atoms with Crippen LogP contribution in [0, 0.1) is 0 Å². The van der Waals surface area contributed by atoms with E-state index in [1.807, 2.05) is 17.8 Å². The van der Waals surface area contributed by atoms with Gasteiger partial charge in [0.1, 0.15) is 10.8 Å². The summed E-state index contributed by atoms with van der Waals surface area (Å²) in [6.45, 7) is 0.899. The van der Waals surface area contributed by atoms with Gasteiger partial charge in [0.05, 0.1) is 37.2 Å². The highest BCUT2D eigenvalue weighted by atomic mass is 35.5. The van der Waals surface area contributed by atoms with Crippen LogP contribution < -0.4 is 4.74 Å². The Bertz CT molecular complexity index is 468. The number of rotatable bonds is 5. The highest BCUT2D eigenvalue weighted by Gasteiger charge is 2.25. The zero-order valence-electron chi connectivity index (χ0n) is 11.3. The van der Waals surface area contributed by atoms with Crippen molar-refractivity contribution in [1.29, 1.82) is 0 Å². The van der Waals surface area contributed by atoms with Crippen molar-refractivity contribution in [3.05, 3.63) is 27.2 Å². The van der Waals surface area contributed by atoms with Crippen LogP contribution in [0.25, 0.3) is 0 Å². The molecule has 1 heterocycles. The van der Waals surface area contributed by atoms with Crippen LogP contribution >= 0.6 is 35.0 Å². The first kappa shape index (κ1) is 16.2. The summed E-state index contributed by atoms with van der Waals surface area (Å²) in [5, 5.41) is 9.99. The normalized spacial score (nSPS) is 18.5. The molecule has 1 aliphatic heterocycles. The number of methoxy groups -OCH3 is 1. The second-order valence-corrected chi connectivity index (χ2v) is 6.61. The summed E-state index contributed by atoms with van der Waals surface area (Å²) in [7, 11) is 1.59. The highest BCUT2D eigenvalue weighted by molar-refractivity contribution is 7.99. The molecule has 112 valence electrons. The molecule has 1 aliphatic rings. The second kappa shape index (κ2) is 7.76. The molecule has 0 amide bonds. The van der Waals surface area contributed by atoms with Gasteiger partial charge >= 0.3 is 0 Å². The lowest BCUT2D eigenvalue weighted by Gasteiger charge is -2.20. The molecular formula is C14H18Cl2O3S. The second-order valence-electron chi connectivity index (χ2n) is 4.54. The molecule has 0 bridgehead atoms. The first-order valence-electron chi connectivity index (χ1n) is 6.54. The molecule has 2 rings (SSSR count). The molecule has 0 fully saturated rings. The summed E-state index contributed by atoms with van der Waals surface area (Å²) in [6.07, 6.45) is 2.06. The van der Waals surface area contributed by atoms with Crippen LogP contribution in [0.2, 0.25) is 10.0 Å². The van der Waals surface area contributed by atoms with Crippen molar-refractivity contribution < 1.29 is 14.6 Å². The van der Waals surface area contributed by atoms with Crippen molar-refractivity contribution in [2.45, 2.75) is 18.1 Å². The van der Waals surface area contributed by atoms with Crippen LogP contribution in [0.5, 0.6) is 5.75 Å². The third-order valence-electron chi connectivity index (χ3n) is 3.25. The van der Waals surface area contributed by atoms with E-state index in [0.717, 1.165) is 24.2 Å². The minimum absolute atomic E-state index is 0.0291. The minimum Gasteiger partial charge on any atom is -0.495 e. The predicted octanol–water partition coefficient (Wildman–Crippen LogP) is 3.73. The van der Waals surface area contributed by atoms with Gasteiger partial charge in [0.25, 0.3) is 0 Å². The molecule has 1 aromatic rings. The van der Waals surface area contributed by atoms with Gasteiger partial charge in [0, 0.05) is 0 Å². The van der Waals surface area contributed by atoms with Gasteiger partial charge in [0.15, 0.2) is 0 Å². The number of fused-ring (bicyclic) bond motifs is 1. The van der Waals surface area contributed by atoms with Gasteiger partial charge in [0.2, 0.25) is 0 Å². The number of aryl methyl sites for hydroxylation is 1. The van der Waals surface area contributed by atoms with Crippen molar-refractivity contribution in [3.8, 4) is 5.75 Å². The number of thioether (sulfide) groups is 1. The Morgan fingerprint density at radius 2 is 2.20 bits per heavy atom. The lowest BCUT2D eigenvalue weighted by molar-refractivity contribution is 0.0932. The van der Waals surface area contributed by atoms with E-state index >= 15 is 0 Å². The standard InChI is InChI=1S/C14H18Cl2O3S/c1-18-10-7-9-3-2-6-20-11(8-19-5-4-17)12(9)14(16)13(10)15/h7,11,17H,2-6,8H2,1H3. The van der Waals surface area contributed by atoms with E-state index < -0.39 is 0 Å². The van der Waals surface area contributed by atoms with Crippen LogP contribution in [0.4, 0.5) is 0 Å². The Morgan fingerprint density at radius 1 is 1.40 bits per heavy atom. The molecule has 1 atom stereocenters. The average molecular weight is 337 g/mol. The van der Waals surface area contributed by atoms with Crippen LogP contribution in [0.3, 0.4) is 0 Å². The van der Waals surface area contributed by atoms with Gasteiger partial charge < -0.3 is 14.6 Å². The smallest absolute Gasteiger partial charge is 0.139 e. The molecule has 0 radical (unpaired) electrons. The summed E-state index contributed by atoms with van der Waals surface area (Å²) in [4.78, 5) is 0. The quantitative estimate of drug-likeness (QED) is 0.831. The largest absolute Gasteiger partial charge is 0.495 e. The van der Waals surface area contributed by atoms with E-state index in [1.165, 1.54) is 5.56 Å². The van der Waals surface area contributed by atoms with Gasteiger partial charge in [-0.15, -0.1) is 0 Å². The van der Waals surface area contributed by atoms with E-state index in [0.29, 0.717) is 29.0 Å². The fraction of sp³-hybridized carbons (Fsp3) is 0.571. The summed E-state index contributed by atoms with van der Waals surface area (Å²) in [5.41, 5.74) is 2.23. The third kappa shape index (κ3) is 3.55. The molecule has 6 heteroatoms. The summed E-state index contributed by atoms with van der Waals surface area (Å²) in [6, 6.07) is 1.98. The number of aliphatic hydroxyl groups is 1. The Hall–Kier alpha value is -0.130. The molecule has 3 nitrogen and oxygen atoms in total. The van der Waals surface area contributed by atoms with Crippen molar-refractivity contribution in [3.63, 3.8) is 0 Å². The maximum Gasteiger partial charge on any atom is 0.139 e. The third-order valence-corrected chi connectivity index (χ3v) is 5.42. The predicted molar refractivity (Wildman–Crippen MR) is 84.4 cm³/mol. The van der Waals surface area contributed by atoms with Crippen LogP contribution in [0.1, 0.15) is 22.8 Å². The van der Waals surface area contributed by atoms with Crippen molar-refractivity contribution >= 4 is 35.0 Å². The van der Waals surface area contributed by atoms with E-state index in [4.69, 9.17) is 37.8 Å². The van der Waals surface area contributed by atoms with E-state index in [2.05, 4.69) is 0 Å². The fourth-order valence-corrected chi connectivity index (χ4v) is 4.20. The van der Waals surface area contributed by atoms with E-state index in [9.17, 15) is 0 Å². The van der Waals surface area contributed by atoms with Crippen LogP contribution in [-0.4, -0.2) is 37.8 Å². The van der Waals surface area contributed by atoms with Crippen molar-refractivity contribution in [2.75, 3.05) is 32.7 Å². The van der Waals surface area contributed by atoms with Gasteiger partial charge in [-0.05, 0) is 35.8 Å². The molecular weight excluding hydrogens is 319 g/mol. The van der Waals surface area contributed by atoms with Gasteiger partial charge in [-0.3, -0.25) is 0 Å². The zero-order chi connectivity index (χ0) is 14.5. The Balaban J connectivity index is 2.34. The molecule has 0 aromatic heterocycles. The Labute approximate surface area is 133 Å². The number of halogens is 2. The molecule has 0 aliphatic carbocycles. The SMILES string of the molecule is COc1cc2c(c(Cl)c1Cl)C(COCCO)SCCC2. The first-order chi connectivity index (χ1) is 9.69. The Morgan fingerprint density at radius 3 is 2.90 bits per heavy atom. The summed E-state index contributed by atoms with van der Waals surface area (Å²) < 4.78 is 10.8. The van der Waals surface area contributed by atoms with Gasteiger partial charge in [-0.2, -0.15) is 11.8 Å². The van der Waals surface area contributed by atoms with Crippen molar-refractivity contribution in [2.24, 2.45) is 0 Å². The maximum atomic E-state index is 8.82. The molecule has 0 saturated heterocycles. The fourth-order valence-electron chi connectivity index (χ4n) is 2.33. The first-order valence-corrected chi connectivity index (χ1v) is 8.34. The minimum atomic E-state index is 0.0291. The van der Waals surface area contributed by atoms with Crippen molar-refractivity contribution in [1.82, 2.24) is 0 Å². The zero-order valence-corrected chi connectivity index (χ0v) is 13.7. The molecule has 20 heavy (non-hydrogen) atoms. The number of hydrogen-bond acceptors (Lipinski definition) is 4. The molecule has 0 saturated carbocycles. The van der Waals surface area contributed by atoms with Crippen LogP contribution in [0.15, 0.2) is 6.07 Å². The molecule has 1 aromatic carbocycles. The van der Waals surface area contributed by atoms with Gasteiger partial charge in [-0.25, -0.2) is 0 Å². The van der Waals surface area contributed by atoms with E-state index in [1.54, 1.807) is 7.11 Å². The monoisotopic (exact) mass is 336 g/mol. The number of ether oxygens (including phenoxy) is 2. The molecule has 1 unspecified atom stereocenters. The number of benzene rings is 1. The lowest BCUT2D eigenvalue weighted by Crippen LogP contribution is -2.10. The molecule has 0 spiro atoms. The molecule has 1 N–H and O–H groups in total. The number of aliphatic hydroxyl groups excluding tert-OH is 1. The topological polar surface area (TPSA) is 38.7 Å². The number of hydrogen-bond donors (Lipinski definition) is 1. The summed E-state index contributed by atoms with van der Waals surface area (Å²) >= 11 is 14.5. The Kier molecular flexibility index (Phi) is 6.30. The average Bonchev–Trinajstić information content (AvgIpc) is 2.65. The van der Waals surface area contributed by atoms with Gasteiger partial charge in [-0.1, -0.05) is 23.2 Å². The summed E-state index contributed by atoms with van der Waals surface area (Å²) in [5.74, 6) is 1.68. The van der Waals surface area contributed by atoms with Crippen LogP contribution in [-0.2, 0) is 11.2 Å².